The Morgan fingerprint density at radius 3 is 3.19 bits per heavy atom. The first-order valence-electron chi connectivity index (χ1n) is 7.40. The van der Waals surface area contributed by atoms with Gasteiger partial charge >= 0.3 is 0 Å². The van der Waals surface area contributed by atoms with Crippen molar-refractivity contribution >= 4 is 5.91 Å². The molecule has 3 heterocycles. The third-order valence-electron chi connectivity index (χ3n) is 3.67. The molecule has 1 aromatic rings. The van der Waals surface area contributed by atoms with Crippen LogP contribution in [0.2, 0.25) is 0 Å². The molecular formula is C14H20N4O3. The maximum atomic E-state index is 12.4. The second-order valence-electron chi connectivity index (χ2n) is 5.26. The summed E-state index contributed by atoms with van der Waals surface area (Å²) in [7, 11) is 0. The molecule has 1 amide bonds. The molecule has 1 atom stereocenters. The number of morpholine rings is 1. The Labute approximate surface area is 123 Å². The zero-order valence-corrected chi connectivity index (χ0v) is 12.2. The van der Waals surface area contributed by atoms with Crippen LogP contribution >= 0.6 is 0 Å². The van der Waals surface area contributed by atoms with Crippen molar-refractivity contribution in [1.29, 1.82) is 0 Å². The van der Waals surface area contributed by atoms with Gasteiger partial charge < -0.3 is 14.4 Å². The lowest BCUT2D eigenvalue weighted by Gasteiger charge is -2.31. The number of aromatic amines is 1. The first-order chi connectivity index (χ1) is 10.3. The van der Waals surface area contributed by atoms with Gasteiger partial charge in [0.15, 0.2) is 5.82 Å². The van der Waals surface area contributed by atoms with Gasteiger partial charge in [-0.25, -0.2) is 4.98 Å². The first-order valence-corrected chi connectivity index (χ1v) is 7.40. The molecule has 1 fully saturated rings. The van der Waals surface area contributed by atoms with E-state index in [4.69, 9.17) is 9.47 Å². The Morgan fingerprint density at radius 1 is 1.52 bits per heavy atom. The van der Waals surface area contributed by atoms with E-state index in [9.17, 15) is 4.79 Å². The molecule has 2 aliphatic rings. The van der Waals surface area contributed by atoms with Crippen molar-refractivity contribution in [2.24, 2.45) is 0 Å². The molecule has 2 aliphatic heterocycles. The summed E-state index contributed by atoms with van der Waals surface area (Å²) in [6.45, 7) is 4.27. The summed E-state index contributed by atoms with van der Waals surface area (Å²) >= 11 is 0. The summed E-state index contributed by atoms with van der Waals surface area (Å²) in [6.07, 6.45) is 3.87. The molecule has 114 valence electrons. The molecule has 1 saturated heterocycles. The van der Waals surface area contributed by atoms with Crippen molar-refractivity contribution in [3.63, 3.8) is 0 Å². The SMILES string of the molecule is CCCc1nc([C@H]2CN(C(=O)C3=COCC3)CCO2)n[nH]1. The number of H-pyrrole nitrogens is 1. The fourth-order valence-corrected chi connectivity index (χ4v) is 2.54. The zero-order valence-electron chi connectivity index (χ0n) is 12.2. The maximum absolute atomic E-state index is 12.4. The monoisotopic (exact) mass is 292 g/mol. The Morgan fingerprint density at radius 2 is 2.43 bits per heavy atom. The van der Waals surface area contributed by atoms with Crippen LogP contribution in [0.4, 0.5) is 0 Å². The topological polar surface area (TPSA) is 80.3 Å². The van der Waals surface area contributed by atoms with E-state index in [0.717, 1.165) is 24.2 Å². The lowest BCUT2D eigenvalue weighted by Crippen LogP contribution is -2.43. The summed E-state index contributed by atoms with van der Waals surface area (Å²) < 4.78 is 10.8. The van der Waals surface area contributed by atoms with E-state index < -0.39 is 0 Å². The number of aryl methyl sites for hydroxylation is 1. The van der Waals surface area contributed by atoms with Crippen molar-refractivity contribution in [1.82, 2.24) is 20.1 Å². The van der Waals surface area contributed by atoms with Crippen LogP contribution in [-0.4, -0.2) is 52.3 Å². The van der Waals surface area contributed by atoms with Crippen LogP contribution in [0.15, 0.2) is 11.8 Å². The minimum atomic E-state index is -0.257. The first kappa shape index (κ1) is 14.1. The van der Waals surface area contributed by atoms with E-state index in [0.29, 0.717) is 38.5 Å². The van der Waals surface area contributed by atoms with E-state index in [1.54, 1.807) is 11.2 Å². The third-order valence-corrected chi connectivity index (χ3v) is 3.67. The van der Waals surface area contributed by atoms with E-state index in [1.807, 2.05) is 0 Å². The number of aromatic nitrogens is 3. The van der Waals surface area contributed by atoms with Gasteiger partial charge in [-0.2, -0.15) is 5.10 Å². The van der Waals surface area contributed by atoms with E-state index in [-0.39, 0.29) is 12.0 Å². The van der Waals surface area contributed by atoms with Gasteiger partial charge in [0, 0.05) is 19.4 Å². The second kappa shape index (κ2) is 6.26. The highest BCUT2D eigenvalue weighted by atomic mass is 16.5. The van der Waals surface area contributed by atoms with Crippen LogP contribution in [0, 0.1) is 0 Å². The predicted molar refractivity (Wildman–Crippen MR) is 74.3 cm³/mol. The number of nitrogens with zero attached hydrogens (tertiary/aromatic N) is 3. The molecule has 3 rings (SSSR count). The second-order valence-corrected chi connectivity index (χ2v) is 5.26. The molecule has 1 aromatic heterocycles. The minimum Gasteiger partial charge on any atom is -0.500 e. The average Bonchev–Trinajstić information content (AvgIpc) is 3.18. The Hall–Kier alpha value is -1.89. The average molecular weight is 292 g/mol. The van der Waals surface area contributed by atoms with E-state index in [2.05, 4.69) is 22.1 Å². The number of carbonyl (C=O) groups is 1. The van der Waals surface area contributed by atoms with Crippen molar-refractivity contribution < 1.29 is 14.3 Å². The van der Waals surface area contributed by atoms with Crippen LogP contribution in [0.1, 0.15) is 37.5 Å². The van der Waals surface area contributed by atoms with Crippen LogP contribution in [-0.2, 0) is 20.7 Å². The molecule has 0 aromatic carbocycles. The lowest BCUT2D eigenvalue weighted by molar-refractivity contribution is -0.135. The number of hydrogen-bond donors (Lipinski definition) is 1. The van der Waals surface area contributed by atoms with E-state index in [1.165, 1.54) is 0 Å². The Balaban J connectivity index is 1.65. The van der Waals surface area contributed by atoms with Gasteiger partial charge in [0.2, 0.25) is 0 Å². The summed E-state index contributed by atoms with van der Waals surface area (Å²) in [5, 5.41) is 7.14. The Bertz CT molecular complexity index is 540. The van der Waals surface area contributed by atoms with Crippen molar-refractivity contribution in [2.75, 3.05) is 26.3 Å². The number of amides is 1. The highest BCUT2D eigenvalue weighted by molar-refractivity contribution is 5.93. The number of carbonyl (C=O) groups excluding carboxylic acids is 1. The summed E-state index contributed by atoms with van der Waals surface area (Å²) in [5.74, 6) is 1.53. The standard InChI is InChI=1S/C14H20N4O3/c1-2-3-12-15-13(17-16-12)11-8-18(5-7-21-11)14(19)10-4-6-20-9-10/h9,11H,2-8H2,1H3,(H,15,16,17)/t11-/m1/s1. The van der Waals surface area contributed by atoms with E-state index >= 15 is 0 Å². The zero-order chi connectivity index (χ0) is 14.7. The molecule has 0 aliphatic carbocycles. The van der Waals surface area contributed by atoms with Gasteiger partial charge in [-0.05, 0) is 6.42 Å². The van der Waals surface area contributed by atoms with Gasteiger partial charge in [-0.15, -0.1) is 0 Å². The fraction of sp³-hybridized carbons (Fsp3) is 0.643. The van der Waals surface area contributed by atoms with Gasteiger partial charge in [0.25, 0.3) is 5.91 Å². The number of hydrogen-bond acceptors (Lipinski definition) is 5. The van der Waals surface area contributed by atoms with Crippen molar-refractivity contribution in [3.05, 3.63) is 23.5 Å². The summed E-state index contributed by atoms with van der Waals surface area (Å²) in [4.78, 5) is 18.6. The normalized spacial score (nSPS) is 22.0. The van der Waals surface area contributed by atoms with Crippen LogP contribution in [0.25, 0.3) is 0 Å². The van der Waals surface area contributed by atoms with Gasteiger partial charge in [0.05, 0.1) is 31.6 Å². The molecule has 7 nitrogen and oxygen atoms in total. The Kier molecular flexibility index (Phi) is 4.19. The molecule has 0 radical (unpaired) electrons. The smallest absolute Gasteiger partial charge is 0.253 e. The van der Waals surface area contributed by atoms with Gasteiger partial charge in [-0.3, -0.25) is 9.89 Å². The highest BCUT2D eigenvalue weighted by Crippen LogP contribution is 2.22. The molecule has 0 saturated carbocycles. The molecular weight excluding hydrogens is 272 g/mol. The lowest BCUT2D eigenvalue weighted by atomic mass is 10.1. The maximum Gasteiger partial charge on any atom is 0.253 e. The van der Waals surface area contributed by atoms with Crippen LogP contribution in [0.3, 0.4) is 0 Å². The molecule has 0 unspecified atom stereocenters. The summed E-state index contributed by atoms with van der Waals surface area (Å²) in [5.41, 5.74) is 0.734. The number of nitrogens with one attached hydrogen (secondary N) is 1. The molecule has 0 bridgehead atoms. The molecule has 1 N–H and O–H groups in total. The van der Waals surface area contributed by atoms with Crippen LogP contribution in [0.5, 0.6) is 0 Å². The number of ether oxygens (including phenoxy) is 2. The molecule has 7 heteroatoms. The van der Waals surface area contributed by atoms with Crippen LogP contribution < -0.4 is 0 Å². The molecule has 0 spiro atoms. The number of rotatable bonds is 4. The van der Waals surface area contributed by atoms with Crippen molar-refractivity contribution in [3.8, 4) is 0 Å². The minimum absolute atomic E-state index is 0.0325. The predicted octanol–water partition coefficient (Wildman–Crippen LogP) is 0.961. The van der Waals surface area contributed by atoms with Crippen molar-refractivity contribution in [2.45, 2.75) is 32.3 Å². The largest absolute Gasteiger partial charge is 0.500 e. The summed E-state index contributed by atoms with van der Waals surface area (Å²) in [6, 6.07) is 0. The third kappa shape index (κ3) is 3.07. The highest BCUT2D eigenvalue weighted by Gasteiger charge is 2.30. The quantitative estimate of drug-likeness (QED) is 0.894. The fourth-order valence-electron chi connectivity index (χ4n) is 2.54. The van der Waals surface area contributed by atoms with Gasteiger partial charge in [-0.1, -0.05) is 6.92 Å². The van der Waals surface area contributed by atoms with Gasteiger partial charge in [0.1, 0.15) is 11.9 Å². The molecule has 21 heavy (non-hydrogen) atoms.